The highest BCUT2D eigenvalue weighted by Crippen LogP contribution is 2.34. The van der Waals surface area contributed by atoms with Crippen molar-refractivity contribution in [1.82, 2.24) is 10.2 Å². The lowest BCUT2D eigenvalue weighted by Crippen LogP contribution is -2.54. The summed E-state index contributed by atoms with van der Waals surface area (Å²) < 4.78 is 42.9. The number of benzene rings is 2. The number of carbonyl (C=O) groups is 2. The number of nitrogens with one attached hydrogen (secondary N) is 1. The van der Waals surface area contributed by atoms with Crippen LogP contribution in [0.5, 0.6) is 17.2 Å². The maximum Gasteiger partial charge on any atom is 0.244 e. The molecule has 2 aromatic carbocycles. The van der Waals surface area contributed by atoms with Gasteiger partial charge in [-0.2, -0.15) is 0 Å². The number of anilines is 1. The zero-order chi connectivity index (χ0) is 27.4. The highest BCUT2D eigenvalue weighted by atomic mass is 32.2. The lowest BCUT2D eigenvalue weighted by molar-refractivity contribution is -0.140. The highest BCUT2D eigenvalue weighted by molar-refractivity contribution is 7.92. The van der Waals surface area contributed by atoms with E-state index < -0.39 is 34.1 Å². The van der Waals surface area contributed by atoms with Crippen LogP contribution in [-0.4, -0.2) is 69.8 Å². The standard InChI is InChI=1S/C26H35N3O7S/c1-18(25(31)27-26(2,3)4)28(16-19-7-10-21(34-5)11-8-19)24(30)17-29(37(6,32)33)20-9-12-22-23(15-20)36-14-13-35-22/h7-12,15,18H,13-14,16-17H2,1-6H3,(H,27,31). The molecule has 11 heteroatoms. The van der Waals surface area contributed by atoms with Crippen LogP contribution in [0.2, 0.25) is 0 Å². The molecule has 0 aromatic heterocycles. The second kappa shape index (κ2) is 11.3. The van der Waals surface area contributed by atoms with Gasteiger partial charge < -0.3 is 24.4 Å². The Bertz CT molecular complexity index is 1220. The third-order valence-electron chi connectivity index (χ3n) is 5.67. The number of rotatable bonds is 9. The van der Waals surface area contributed by atoms with Crippen LogP contribution in [0.25, 0.3) is 0 Å². The Morgan fingerprint density at radius 3 is 2.24 bits per heavy atom. The molecule has 1 aliphatic heterocycles. The highest BCUT2D eigenvalue weighted by Gasteiger charge is 2.32. The summed E-state index contributed by atoms with van der Waals surface area (Å²) in [5, 5.41) is 2.89. The van der Waals surface area contributed by atoms with Crippen molar-refractivity contribution in [3.63, 3.8) is 0 Å². The summed E-state index contributed by atoms with van der Waals surface area (Å²) in [5.41, 5.74) is 0.510. The van der Waals surface area contributed by atoms with Crippen LogP contribution in [0.1, 0.15) is 33.3 Å². The first-order chi connectivity index (χ1) is 17.3. The molecule has 3 rings (SSSR count). The first kappa shape index (κ1) is 28.1. The average molecular weight is 534 g/mol. The van der Waals surface area contributed by atoms with Crippen molar-refractivity contribution in [3.8, 4) is 17.2 Å². The number of nitrogens with zero attached hydrogens (tertiary/aromatic N) is 2. The van der Waals surface area contributed by atoms with Crippen LogP contribution in [0, 0.1) is 0 Å². The monoisotopic (exact) mass is 533 g/mol. The van der Waals surface area contributed by atoms with Crippen LogP contribution in [0.3, 0.4) is 0 Å². The number of ether oxygens (including phenoxy) is 3. The quantitative estimate of drug-likeness (QED) is 0.527. The Morgan fingerprint density at radius 1 is 1.05 bits per heavy atom. The average Bonchev–Trinajstić information content (AvgIpc) is 2.83. The van der Waals surface area contributed by atoms with Crippen molar-refractivity contribution in [2.45, 2.75) is 45.8 Å². The zero-order valence-corrected chi connectivity index (χ0v) is 22.9. The number of sulfonamides is 1. The molecule has 0 aliphatic carbocycles. The van der Waals surface area contributed by atoms with Crippen LogP contribution < -0.4 is 23.8 Å². The van der Waals surface area contributed by atoms with Crippen molar-refractivity contribution in [1.29, 1.82) is 0 Å². The van der Waals surface area contributed by atoms with Crippen molar-refractivity contribution in [2.75, 3.05) is 37.4 Å². The molecule has 0 radical (unpaired) electrons. The fourth-order valence-corrected chi connectivity index (χ4v) is 4.63. The van der Waals surface area contributed by atoms with E-state index >= 15 is 0 Å². The smallest absolute Gasteiger partial charge is 0.244 e. The molecule has 0 bridgehead atoms. The largest absolute Gasteiger partial charge is 0.497 e. The van der Waals surface area contributed by atoms with E-state index in [-0.39, 0.29) is 18.1 Å². The fraction of sp³-hybridized carbons (Fsp3) is 0.462. The minimum Gasteiger partial charge on any atom is -0.497 e. The Labute approximate surface area is 218 Å². The van der Waals surface area contributed by atoms with E-state index in [4.69, 9.17) is 14.2 Å². The molecule has 1 atom stereocenters. The maximum absolute atomic E-state index is 13.7. The van der Waals surface area contributed by atoms with Gasteiger partial charge in [0.1, 0.15) is 31.5 Å². The van der Waals surface area contributed by atoms with Crippen molar-refractivity contribution < 1.29 is 32.2 Å². The molecule has 1 aliphatic rings. The predicted molar refractivity (Wildman–Crippen MR) is 141 cm³/mol. The van der Waals surface area contributed by atoms with Crippen LogP contribution in [0.4, 0.5) is 5.69 Å². The lowest BCUT2D eigenvalue weighted by atomic mass is 10.1. The van der Waals surface area contributed by atoms with Gasteiger partial charge in [0.15, 0.2) is 11.5 Å². The zero-order valence-electron chi connectivity index (χ0n) is 22.1. The van der Waals surface area contributed by atoms with Gasteiger partial charge in [-0.15, -0.1) is 0 Å². The Morgan fingerprint density at radius 2 is 1.68 bits per heavy atom. The number of fused-ring (bicyclic) bond motifs is 1. The number of carbonyl (C=O) groups excluding carboxylic acids is 2. The van der Waals surface area contributed by atoms with Crippen LogP contribution >= 0.6 is 0 Å². The topological polar surface area (TPSA) is 114 Å². The van der Waals surface area contributed by atoms with Gasteiger partial charge in [-0.3, -0.25) is 13.9 Å². The van der Waals surface area contributed by atoms with E-state index in [1.165, 1.54) is 11.0 Å². The van der Waals surface area contributed by atoms with Crippen molar-refractivity contribution in [2.24, 2.45) is 0 Å². The van der Waals surface area contributed by atoms with Gasteiger partial charge in [0.05, 0.1) is 19.1 Å². The van der Waals surface area contributed by atoms with Gasteiger partial charge in [0.25, 0.3) is 0 Å². The second-order valence-corrected chi connectivity index (χ2v) is 11.8. The Balaban J connectivity index is 1.92. The minimum absolute atomic E-state index is 0.0975. The van der Waals surface area contributed by atoms with Crippen molar-refractivity contribution in [3.05, 3.63) is 48.0 Å². The number of hydrogen-bond acceptors (Lipinski definition) is 7. The van der Waals surface area contributed by atoms with E-state index in [1.54, 1.807) is 50.4 Å². The van der Waals surface area contributed by atoms with Crippen LogP contribution in [-0.2, 0) is 26.2 Å². The number of methoxy groups -OCH3 is 1. The molecule has 10 nitrogen and oxygen atoms in total. The summed E-state index contributed by atoms with van der Waals surface area (Å²) in [4.78, 5) is 28.1. The first-order valence-electron chi connectivity index (χ1n) is 11.9. The summed E-state index contributed by atoms with van der Waals surface area (Å²) >= 11 is 0. The Hall–Kier alpha value is -3.47. The van der Waals surface area contributed by atoms with Gasteiger partial charge in [0, 0.05) is 18.2 Å². The van der Waals surface area contributed by atoms with Crippen molar-refractivity contribution >= 4 is 27.5 Å². The molecule has 1 unspecified atom stereocenters. The molecule has 0 saturated carbocycles. The van der Waals surface area contributed by atoms with Gasteiger partial charge in [-0.05, 0) is 57.5 Å². The molecule has 2 aromatic rings. The van der Waals surface area contributed by atoms with Gasteiger partial charge in [-0.1, -0.05) is 12.1 Å². The van der Waals surface area contributed by atoms with Gasteiger partial charge in [0.2, 0.25) is 21.8 Å². The SMILES string of the molecule is COc1ccc(CN(C(=O)CN(c2ccc3c(c2)OCCO3)S(C)(=O)=O)C(C)C(=O)NC(C)(C)C)cc1. The minimum atomic E-state index is -3.86. The fourth-order valence-electron chi connectivity index (χ4n) is 3.79. The Kier molecular flexibility index (Phi) is 8.57. The van der Waals surface area contributed by atoms with Gasteiger partial charge in [-0.25, -0.2) is 8.42 Å². The lowest BCUT2D eigenvalue weighted by Gasteiger charge is -2.33. The third-order valence-corrected chi connectivity index (χ3v) is 6.81. The van der Waals surface area contributed by atoms with E-state index in [2.05, 4.69) is 5.32 Å². The normalized spacial score (nSPS) is 13.9. The van der Waals surface area contributed by atoms with E-state index in [0.717, 1.165) is 16.1 Å². The molecule has 37 heavy (non-hydrogen) atoms. The van der Waals surface area contributed by atoms with E-state index in [0.29, 0.717) is 30.5 Å². The molecular formula is C26H35N3O7S. The molecule has 0 saturated heterocycles. The molecule has 1 heterocycles. The van der Waals surface area contributed by atoms with E-state index in [9.17, 15) is 18.0 Å². The summed E-state index contributed by atoms with van der Waals surface area (Å²) in [6, 6.07) is 11.0. The number of hydrogen-bond donors (Lipinski definition) is 1. The summed E-state index contributed by atoms with van der Waals surface area (Å²) in [6.45, 7) is 7.50. The molecule has 202 valence electrons. The van der Waals surface area contributed by atoms with E-state index in [1.807, 2.05) is 20.8 Å². The maximum atomic E-state index is 13.7. The first-order valence-corrected chi connectivity index (χ1v) is 13.7. The molecule has 0 fully saturated rings. The molecule has 0 spiro atoms. The third kappa shape index (κ3) is 7.51. The second-order valence-electron chi connectivity index (χ2n) is 9.88. The summed E-state index contributed by atoms with van der Waals surface area (Å²) in [5.74, 6) is 0.676. The molecule has 2 amide bonds. The summed E-state index contributed by atoms with van der Waals surface area (Å²) in [7, 11) is -2.30. The van der Waals surface area contributed by atoms with Crippen LogP contribution in [0.15, 0.2) is 42.5 Å². The number of amides is 2. The molecular weight excluding hydrogens is 498 g/mol. The molecule has 1 N–H and O–H groups in total. The predicted octanol–water partition coefficient (Wildman–Crippen LogP) is 2.56. The van der Waals surface area contributed by atoms with Gasteiger partial charge >= 0.3 is 0 Å². The summed E-state index contributed by atoms with van der Waals surface area (Å²) in [6.07, 6.45) is 1.03.